The average molecular weight is 355 g/mol. The van der Waals surface area contributed by atoms with Gasteiger partial charge >= 0.3 is 0 Å². The number of carbonyl (C=O) groups is 1. The number of para-hydroxylation sites is 1. The number of amides is 1. The van der Waals surface area contributed by atoms with Crippen molar-refractivity contribution >= 4 is 16.8 Å². The highest BCUT2D eigenvalue weighted by atomic mass is 16.1. The molecule has 1 aromatic carbocycles. The highest BCUT2D eigenvalue weighted by molar-refractivity contribution is 5.77. The summed E-state index contributed by atoms with van der Waals surface area (Å²) >= 11 is 0. The van der Waals surface area contributed by atoms with Crippen LogP contribution in [0, 0.1) is 11.3 Å². The van der Waals surface area contributed by atoms with E-state index in [4.69, 9.17) is 0 Å². The molecule has 1 aliphatic carbocycles. The molecular weight excluding hydrogens is 326 g/mol. The second kappa shape index (κ2) is 8.02. The van der Waals surface area contributed by atoms with Crippen LogP contribution in [0.25, 0.3) is 10.9 Å². The Kier molecular flexibility index (Phi) is 5.74. The monoisotopic (exact) mass is 355 g/mol. The molecule has 1 amide bonds. The molecule has 0 saturated heterocycles. The summed E-state index contributed by atoms with van der Waals surface area (Å²) in [6.45, 7) is 5.46. The van der Waals surface area contributed by atoms with Crippen LogP contribution in [0.4, 0.5) is 0 Å². The summed E-state index contributed by atoms with van der Waals surface area (Å²) in [7, 11) is 0. The second-order valence-electron chi connectivity index (χ2n) is 8.13. The molecule has 0 atom stereocenters. The van der Waals surface area contributed by atoms with Crippen molar-refractivity contribution in [2.45, 2.75) is 58.9 Å². The second-order valence-corrected chi connectivity index (χ2v) is 8.13. The minimum Gasteiger partial charge on any atom is -0.356 e. The molecule has 1 aromatic heterocycles. The molecule has 0 bridgehead atoms. The van der Waals surface area contributed by atoms with Gasteiger partial charge in [-0.2, -0.15) is 0 Å². The molecule has 0 aliphatic heterocycles. The van der Waals surface area contributed by atoms with E-state index in [1.165, 1.54) is 6.42 Å². The quantitative estimate of drug-likeness (QED) is 0.862. The van der Waals surface area contributed by atoms with Crippen LogP contribution in [-0.2, 0) is 11.3 Å². The predicted octanol–water partition coefficient (Wildman–Crippen LogP) is 3.51. The Balaban J connectivity index is 1.83. The van der Waals surface area contributed by atoms with E-state index >= 15 is 0 Å². The first kappa shape index (κ1) is 18.6. The number of carbonyl (C=O) groups excluding carboxylic acids is 1. The normalized spacial score (nSPS) is 16.7. The van der Waals surface area contributed by atoms with E-state index in [2.05, 4.69) is 24.1 Å². The summed E-state index contributed by atoms with van der Waals surface area (Å²) in [6, 6.07) is 7.44. The van der Waals surface area contributed by atoms with Gasteiger partial charge in [-0.15, -0.1) is 0 Å². The van der Waals surface area contributed by atoms with Crippen LogP contribution in [0.5, 0.6) is 0 Å². The minimum absolute atomic E-state index is 0.0110. The lowest BCUT2D eigenvalue weighted by Crippen LogP contribution is -2.39. The highest BCUT2D eigenvalue weighted by Gasteiger charge is 2.35. The van der Waals surface area contributed by atoms with Crippen molar-refractivity contribution in [1.29, 1.82) is 0 Å². The molecule has 2 aromatic rings. The van der Waals surface area contributed by atoms with E-state index in [9.17, 15) is 9.59 Å². The Morgan fingerprint density at radius 3 is 2.69 bits per heavy atom. The Labute approximate surface area is 154 Å². The van der Waals surface area contributed by atoms with Gasteiger partial charge in [-0.1, -0.05) is 45.2 Å². The molecule has 5 heteroatoms. The summed E-state index contributed by atoms with van der Waals surface area (Å²) in [4.78, 5) is 29.8. The average Bonchev–Trinajstić information content (AvgIpc) is 2.63. The lowest BCUT2D eigenvalue weighted by atomic mass is 9.71. The molecule has 0 unspecified atom stereocenters. The number of rotatable bonds is 6. The fourth-order valence-corrected chi connectivity index (χ4v) is 3.99. The van der Waals surface area contributed by atoms with Gasteiger partial charge in [0.05, 0.1) is 17.2 Å². The van der Waals surface area contributed by atoms with Gasteiger partial charge in [-0.25, -0.2) is 4.98 Å². The SMILES string of the molecule is CC(C)CNC(=O)CC1(Cn2cnc3ccccc3c2=O)CCCCC1. The minimum atomic E-state index is -0.146. The fraction of sp³-hybridized carbons (Fsp3) is 0.571. The molecule has 26 heavy (non-hydrogen) atoms. The lowest BCUT2D eigenvalue weighted by molar-refractivity contribution is -0.124. The van der Waals surface area contributed by atoms with Crippen molar-refractivity contribution in [3.05, 3.63) is 40.9 Å². The largest absolute Gasteiger partial charge is 0.356 e. The van der Waals surface area contributed by atoms with Gasteiger partial charge in [-0.05, 0) is 36.3 Å². The molecule has 1 saturated carbocycles. The Bertz CT molecular complexity index is 819. The third-order valence-corrected chi connectivity index (χ3v) is 5.39. The number of nitrogens with zero attached hydrogens (tertiary/aromatic N) is 2. The third kappa shape index (κ3) is 4.32. The molecule has 3 rings (SSSR count). The van der Waals surface area contributed by atoms with Crippen molar-refractivity contribution in [2.75, 3.05) is 6.54 Å². The Hall–Kier alpha value is -2.17. The zero-order chi connectivity index (χ0) is 18.6. The summed E-state index contributed by atoms with van der Waals surface area (Å²) < 4.78 is 1.71. The van der Waals surface area contributed by atoms with Crippen molar-refractivity contribution in [3.8, 4) is 0 Å². The van der Waals surface area contributed by atoms with Gasteiger partial charge in [0, 0.05) is 19.5 Å². The van der Waals surface area contributed by atoms with Gasteiger partial charge in [-0.3, -0.25) is 14.2 Å². The van der Waals surface area contributed by atoms with Gasteiger partial charge < -0.3 is 5.32 Å². The van der Waals surface area contributed by atoms with E-state index < -0.39 is 0 Å². The van der Waals surface area contributed by atoms with Crippen LogP contribution in [0.15, 0.2) is 35.4 Å². The highest BCUT2D eigenvalue weighted by Crippen LogP contribution is 2.40. The maximum atomic E-state index is 12.9. The van der Waals surface area contributed by atoms with E-state index in [0.29, 0.717) is 30.8 Å². The molecule has 1 heterocycles. The number of aromatic nitrogens is 2. The molecule has 1 fully saturated rings. The predicted molar refractivity (Wildman–Crippen MR) is 104 cm³/mol. The van der Waals surface area contributed by atoms with Crippen molar-refractivity contribution in [3.63, 3.8) is 0 Å². The van der Waals surface area contributed by atoms with Gasteiger partial charge in [0.2, 0.25) is 5.91 Å². The first-order chi connectivity index (χ1) is 12.5. The first-order valence-corrected chi connectivity index (χ1v) is 9.70. The maximum absolute atomic E-state index is 12.9. The molecular formula is C21H29N3O2. The summed E-state index contributed by atoms with van der Waals surface area (Å²) in [5.74, 6) is 0.538. The van der Waals surface area contributed by atoms with Crippen LogP contribution >= 0.6 is 0 Å². The van der Waals surface area contributed by atoms with Crippen LogP contribution in [0.3, 0.4) is 0 Å². The molecule has 0 spiro atoms. The standard InChI is InChI=1S/C21H29N3O2/c1-16(2)13-22-19(25)12-21(10-6-3-7-11-21)14-24-15-23-18-9-5-4-8-17(18)20(24)26/h4-5,8-9,15-16H,3,6-7,10-14H2,1-2H3,(H,22,25). The summed E-state index contributed by atoms with van der Waals surface area (Å²) in [5, 5.41) is 3.69. The topological polar surface area (TPSA) is 64.0 Å². The molecule has 0 radical (unpaired) electrons. The van der Waals surface area contributed by atoms with Crippen molar-refractivity contribution < 1.29 is 4.79 Å². The van der Waals surface area contributed by atoms with E-state index in [1.54, 1.807) is 10.9 Å². The Morgan fingerprint density at radius 2 is 1.96 bits per heavy atom. The van der Waals surface area contributed by atoms with E-state index in [1.807, 2.05) is 24.3 Å². The molecule has 140 valence electrons. The first-order valence-electron chi connectivity index (χ1n) is 9.70. The fourth-order valence-electron chi connectivity index (χ4n) is 3.99. The number of hydrogen-bond donors (Lipinski definition) is 1. The van der Waals surface area contributed by atoms with Crippen LogP contribution in [-0.4, -0.2) is 22.0 Å². The van der Waals surface area contributed by atoms with Crippen LogP contribution in [0.1, 0.15) is 52.4 Å². The zero-order valence-electron chi connectivity index (χ0n) is 15.8. The maximum Gasteiger partial charge on any atom is 0.261 e. The van der Waals surface area contributed by atoms with Crippen LogP contribution < -0.4 is 10.9 Å². The smallest absolute Gasteiger partial charge is 0.261 e. The Morgan fingerprint density at radius 1 is 1.23 bits per heavy atom. The van der Waals surface area contributed by atoms with Crippen molar-refractivity contribution in [1.82, 2.24) is 14.9 Å². The lowest BCUT2D eigenvalue weighted by Gasteiger charge is -2.37. The number of nitrogens with one attached hydrogen (secondary N) is 1. The molecule has 1 N–H and O–H groups in total. The van der Waals surface area contributed by atoms with Crippen molar-refractivity contribution in [2.24, 2.45) is 11.3 Å². The number of hydrogen-bond acceptors (Lipinski definition) is 3. The third-order valence-electron chi connectivity index (χ3n) is 5.39. The van der Waals surface area contributed by atoms with Gasteiger partial charge in [0.1, 0.15) is 0 Å². The number of benzene rings is 1. The van der Waals surface area contributed by atoms with E-state index in [-0.39, 0.29) is 16.9 Å². The number of fused-ring (bicyclic) bond motifs is 1. The summed E-state index contributed by atoms with van der Waals surface area (Å²) in [6.07, 6.45) is 7.55. The molecule has 1 aliphatic rings. The van der Waals surface area contributed by atoms with Crippen LogP contribution in [0.2, 0.25) is 0 Å². The van der Waals surface area contributed by atoms with Gasteiger partial charge in [0.15, 0.2) is 0 Å². The zero-order valence-corrected chi connectivity index (χ0v) is 15.8. The summed E-state index contributed by atoms with van der Waals surface area (Å²) in [5.41, 5.74) is 0.567. The molecule has 5 nitrogen and oxygen atoms in total. The van der Waals surface area contributed by atoms with E-state index in [0.717, 1.165) is 31.2 Å². The van der Waals surface area contributed by atoms with Gasteiger partial charge in [0.25, 0.3) is 5.56 Å².